The first kappa shape index (κ1) is 13.4. The second-order valence-electron chi connectivity index (χ2n) is 3.85. The van der Waals surface area contributed by atoms with Crippen molar-refractivity contribution in [3.8, 4) is 0 Å². The number of amides is 1. The fourth-order valence-electron chi connectivity index (χ4n) is 1.40. The highest BCUT2D eigenvalue weighted by molar-refractivity contribution is 8.00. The van der Waals surface area contributed by atoms with Crippen molar-refractivity contribution in [3.63, 3.8) is 0 Å². The second kappa shape index (κ2) is 6.19. The van der Waals surface area contributed by atoms with Crippen LogP contribution < -0.4 is 10.9 Å². The Morgan fingerprint density at radius 2 is 2.05 bits per heavy atom. The van der Waals surface area contributed by atoms with E-state index < -0.39 is 0 Å². The van der Waals surface area contributed by atoms with Gasteiger partial charge in [0.25, 0.3) is 5.56 Å². The van der Waals surface area contributed by atoms with Gasteiger partial charge < -0.3 is 10.3 Å². The highest BCUT2D eigenvalue weighted by atomic mass is 32.2. The van der Waals surface area contributed by atoms with Crippen LogP contribution >= 0.6 is 11.8 Å². The van der Waals surface area contributed by atoms with Crippen LogP contribution in [0.3, 0.4) is 0 Å². The molecule has 1 atom stereocenters. The number of anilines is 1. The zero-order valence-corrected chi connectivity index (χ0v) is 11.1. The van der Waals surface area contributed by atoms with Gasteiger partial charge in [0.1, 0.15) is 0 Å². The van der Waals surface area contributed by atoms with Gasteiger partial charge in [-0.15, -0.1) is 0 Å². The maximum Gasteiger partial charge on any atom is 0.251 e. The maximum atomic E-state index is 11.9. The highest BCUT2D eigenvalue weighted by Crippen LogP contribution is 2.19. The molecule has 5 nitrogen and oxygen atoms in total. The predicted molar refractivity (Wildman–Crippen MR) is 75.2 cm³/mol. The van der Waals surface area contributed by atoms with E-state index in [1.807, 2.05) is 30.3 Å². The molecule has 1 heterocycles. The van der Waals surface area contributed by atoms with Crippen LogP contribution in [0.5, 0.6) is 0 Å². The summed E-state index contributed by atoms with van der Waals surface area (Å²) in [4.78, 5) is 29.6. The van der Waals surface area contributed by atoms with E-state index in [4.69, 9.17) is 0 Å². The Hall–Kier alpha value is -2.08. The Bertz CT molecular complexity index is 613. The van der Waals surface area contributed by atoms with Crippen LogP contribution in [0.2, 0.25) is 0 Å². The molecule has 0 aliphatic rings. The van der Waals surface area contributed by atoms with Gasteiger partial charge in [-0.1, -0.05) is 30.0 Å². The summed E-state index contributed by atoms with van der Waals surface area (Å²) in [7, 11) is 0. The summed E-state index contributed by atoms with van der Waals surface area (Å²) >= 11 is 1.21. The van der Waals surface area contributed by atoms with Crippen LogP contribution in [0.1, 0.15) is 6.92 Å². The first-order valence-electron chi connectivity index (χ1n) is 5.73. The molecule has 19 heavy (non-hydrogen) atoms. The van der Waals surface area contributed by atoms with Gasteiger partial charge in [-0.2, -0.15) is 0 Å². The number of aromatic nitrogens is 2. The zero-order valence-electron chi connectivity index (χ0n) is 10.3. The molecule has 0 saturated carbocycles. The van der Waals surface area contributed by atoms with Gasteiger partial charge in [0.2, 0.25) is 5.91 Å². The number of carbonyl (C=O) groups excluding carboxylic acids is 1. The summed E-state index contributed by atoms with van der Waals surface area (Å²) in [5.41, 5.74) is 0.516. The topological polar surface area (TPSA) is 74.8 Å². The van der Waals surface area contributed by atoms with Gasteiger partial charge in [0, 0.05) is 18.0 Å². The van der Waals surface area contributed by atoms with Crippen molar-refractivity contribution in [2.24, 2.45) is 0 Å². The zero-order chi connectivity index (χ0) is 13.7. The molecule has 6 heteroatoms. The van der Waals surface area contributed by atoms with Crippen molar-refractivity contribution in [1.82, 2.24) is 9.97 Å². The lowest BCUT2D eigenvalue weighted by atomic mass is 10.3. The molecule has 0 unspecified atom stereocenters. The molecule has 0 radical (unpaired) electrons. The summed E-state index contributed by atoms with van der Waals surface area (Å²) in [6, 6.07) is 10.5. The molecule has 2 N–H and O–H groups in total. The number of hydrogen-bond acceptors (Lipinski definition) is 4. The molecule has 1 amide bonds. The number of H-pyrrole nitrogens is 1. The van der Waals surface area contributed by atoms with Crippen molar-refractivity contribution in [2.45, 2.75) is 17.3 Å². The molecule has 1 aromatic heterocycles. The minimum absolute atomic E-state index is 0.136. The number of aromatic amines is 1. The number of nitrogens with zero attached hydrogens (tertiary/aromatic N) is 1. The first-order chi connectivity index (χ1) is 9.15. The van der Waals surface area contributed by atoms with E-state index in [0.717, 1.165) is 5.69 Å². The van der Waals surface area contributed by atoms with Gasteiger partial charge in [0.15, 0.2) is 5.16 Å². The Kier molecular flexibility index (Phi) is 4.35. The molecule has 2 rings (SSSR count). The van der Waals surface area contributed by atoms with Gasteiger partial charge in [-0.25, -0.2) is 4.98 Å². The Morgan fingerprint density at radius 3 is 2.74 bits per heavy atom. The lowest BCUT2D eigenvalue weighted by Crippen LogP contribution is -2.23. The lowest BCUT2D eigenvalue weighted by molar-refractivity contribution is -0.115. The molecule has 2 aromatic rings. The van der Waals surface area contributed by atoms with Crippen LogP contribution in [0.15, 0.2) is 52.5 Å². The third kappa shape index (κ3) is 3.96. The Balaban J connectivity index is 1.98. The van der Waals surface area contributed by atoms with Gasteiger partial charge >= 0.3 is 0 Å². The van der Waals surface area contributed by atoms with Crippen LogP contribution in [0.4, 0.5) is 5.69 Å². The third-order valence-electron chi connectivity index (χ3n) is 2.35. The van der Waals surface area contributed by atoms with E-state index in [9.17, 15) is 9.59 Å². The van der Waals surface area contributed by atoms with E-state index in [-0.39, 0.29) is 16.7 Å². The summed E-state index contributed by atoms with van der Waals surface area (Å²) in [5, 5.41) is 2.87. The quantitative estimate of drug-likeness (QED) is 0.660. The average Bonchev–Trinajstić information content (AvgIpc) is 2.40. The van der Waals surface area contributed by atoms with Gasteiger partial charge in [-0.3, -0.25) is 9.59 Å². The Morgan fingerprint density at radius 1 is 1.32 bits per heavy atom. The van der Waals surface area contributed by atoms with E-state index in [2.05, 4.69) is 15.3 Å². The molecule has 0 aliphatic carbocycles. The summed E-state index contributed by atoms with van der Waals surface area (Å²) < 4.78 is 0. The van der Waals surface area contributed by atoms with Crippen molar-refractivity contribution >= 4 is 23.4 Å². The van der Waals surface area contributed by atoms with Crippen molar-refractivity contribution in [1.29, 1.82) is 0 Å². The third-order valence-corrected chi connectivity index (χ3v) is 3.35. The van der Waals surface area contributed by atoms with Gasteiger partial charge in [-0.05, 0) is 19.1 Å². The molecule has 0 fully saturated rings. The van der Waals surface area contributed by atoms with Crippen LogP contribution in [0, 0.1) is 0 Å². The normalized spacial score (nSPS) is 11.8. The molecule has 0 aliphatic heterocycles. The van der Waals surface area contributed by atoms with E-state index in [1.165, 1.54) is 24.0 Å². The fourth-order valence-corrected chi connectivity index (χ4v) is 2.18. The number of rotatable bonds is 4. The highest BCUT2D eigenvalue weighted by Gasteiger charge is 2.15. The second-order valence-corrected chi connectivity index (χ2v) is 5.18. The lowest BCUT2D eigenvalue weighted by Gasteiger charge is -2.10. The number of carbonyl (C=O) groups is 1. The molecule has 1 aromatic carbocycles. The van der Waals surface area contributed by atoms with Gasteiger partial charge in [0.05, 0.1) is 5.25 Å². The standard InChI is InChI=1S/C13H13N3O2S/c1-9(19-13-14-8-7-11(17)16-13)12(18)15-10-5-3-2-4-6-10/h2-9H,1H3,(H,15,18)(H,14,16,17)/t9-/m0/s1. The van der Waals surface area contributed by atoms with Crippen molar-refractivity contribution in [2.75, 3.05) is 5.32 Å². The molecule has 98 valence electrons. The molecular weight excluding hydrogens is 262 g/mol. The van der Waals surface area contributed by atoms with E-state index in [1.54, 1.807) is 6.92 Å². The van der Waals surface area contributed by atoms with Crippen LogP contribution in [0.25, 0.3) is 0 Å². The monoisotopic (exact) mass is 275 g/mol. The SMILES string of the molecule is C[C@H](Sc1nccc(=O)[nH]1)C(=O)Nc1ccccc1. The first-order valence-corrected chi connectivity index (χ1v) is 6.61. The van der Waals surface area contributed by atoms with Crippen LogP contribution in [-0.4, -0.2) is 21.1 Å². The van der Waals surface area contributed by atoms with E-state index >= 15 is 0 Å². The number of hydrogen-bond donors (Lipinski definition) is 2. The largest absolute Gasteiger partial charge is 0.325 e. The number of benzene rings is 1. The summed E-state index contributed by atoms with van der Waals surface area (Å²) in [5.74, 6) is -0.136. The molecule has 0 bridgehead atoms. The number of thioether (sulfide) groups is 1. The average molecular weight is 275 g/mol. The van der Waals surface area contributed by atoms with Crippen molar-refractivity contribution in [3.05, 3.63) is 52.9 Å². The number of para-hydroxylation sites is 1. The maximum absolute atomic E-state index is 11.9. The fraction of sp³-hybridized carbons (Fsp3) is 0.154. The summed E-state index contributed by atoms with van der Waals surface area (Å²) in [6.07, 6.45) is 1.42. The molecule has 0 spiro atoms. The molecule has 0 saturated heterocycles. The van der Waals surface area contributed by atoms with E-state index in [0.29, 0.717) is 5.16 Å². The minimum atomic E-state index is -0.356. The number of nitrogens with one attached hydrogen (secondary N) is 2. The molecular formula is C13H13N3O2S. The predicted octanol–water partition coefficient (Wildman–Crippen LogP) is 1.89. The minimum Gasteiger partial charge on any atom is -0.325 e. The van der Waals surface area contributed by atoms with Crippen molar-refractivity contribution < 1.29 is 4.79 Å². The summed E-state index contributed by atoms with van der Waals surface area (Å²) in [6.45, 7) is 1.76. The Labute approximate surface area is 114 Å². The van der Waals surface area contributed by atoms with Crippen LogP contribution in [-0.2, 0) is 4.79 Å². The smallest absolute Gasteiger partial charge is 0.251 e.